The number of carboxylic acid groups (broad SMARTS) is 1. The maximum Gasteiger partial charge on any atom is 0.326 e. The lowest BCUT2D eigenvalue weighted by atomic mass is 10.2. The van der Waals surface area contributed by atoms with Gasteiger partial charge in [-0.3, -0.25) is 0 Å². The van der Waals surface area contributed by atoms with Crippen molar-refractivity contribution >= 4 is 12.0 Å². The van der Waals surface area contributed by atoms with Gasteiger partial charge in [0, 0.05) is 0 Å². The molecule has 0 spiro atoms. The predicted octanol–water partition coefficient (Wildman–Crippen LogP) is 0.172. The lowest BCUT2D eigenvalue weighted by Gasteiger charge is -2.13. The molecule has 0 heterocycles. The summed E-state index contributed by atoms with van der Waals surface area (Å²) in [6.07, 6.45) is 6.01. The van der Waals surface area contributed by atoms with Gasteiger partial charge in [0.15, 0.2) is 0 Å². The summed E-state index contributed by atoms with van der Waals surface area (Å²) in [5.74, 6) is 1.17. The van der Waals surface area contributed by atoms with Gasteiger partial charge < -0.3 is 15.7 Å². The highest BCUT2D eigenvalue weighted by Gasteiger charge is 2.17. The Labute approximate surface area is 82.9 Å². The van der Waals surface area contributed by atoms with Crippen LogP contribution in [0.4, 0.5) is 4.79 Å². The van der Waals surface area contributed by atoms with Crippen molar-refractivity contribution < 1.29 is 14.7 Å². The van der Waals surface area contributed by atoms with E-state index in [4.69, 9.17) is 11.5 Å². The molecule has 3 N–H and O–H groups in total. The second-order valence-electron chi connectivity index (χ2n) is 2.71. The SMILES string of the molecule is C#CCNC(=O)NC(CCC)C(=O)O. The number of carbonyl (C=O) groups is 2. The highest BCUT2D eigenvalue weighted by atomic mass is 16.4. The Morgan fingerprint density at radius 1 is 1.57 bits per heavy atom. The Morgan fingerprint density at radius 3 is 2.64 bits per heavy atom. The molecule has 14 heavy (non-hydrogen) atoms. The number of carboxylic acids is 1. The fraction of sp³-hybridized carbons (Fsp3) is 0.556. The van der Waals surface area contributed by atoms with Crippen LogP contribution in [0.15, 0.2) is 0 Å². The van der Waals surface area contributed by atoms with Crippen LogP contribution in [-0.4, -0.2) is 29.7 Å². The summed E-state index contributed by atoms with van der Waals surface area (Å²) in [5, 5.41) is 13.3. The van der Waals surface area contributed by atoms with E-state index in [1.807, 2.05) is 6.92 Å². The summed E-state index contributed by atoms with van der Waals surface area (Å²) in [5.41, 5.74) is 0. The Kier molecular flexibility index (Phi) is 5.95. The van der Waals surface area contributed by atoms with Crippen LogP contribution in [0.25, 0.3) is 0 Å². The average molecular weight is 198 g/mol. The summed E-state index contributed by atoms with van der Waals surface area (Å²) < 4.78 is 0. The number of carbonyl (C=O) groups excluding carboxylic acids is 1. The van der Waals surface area contributed by atoms with E-state index in [1.165, 1.54) is 0 Å². The summed E-state index contributed by atoms with van der Waals surface area (Å²) in [6.45, 7) is 1.93. The van der Waals surface area contributed by atoms with Gasteiger partial charge in [0.1, 0.15) is 6.04 Å². The first-order valence-corrected chi connectivity index (χ1v) is 4.32. The van der Waals surface area contributed by atoms with E-state index in [0.717, 1.165) is 0 Å². The second kappa shape index (κ2) is 6.78. The van der Waals surface area contributed by atoms with Gasteiger partial charge in [-0.05, 0) is 6.42 Å². The van der Waals surface area contributed by atoms with Crippen molar-refractivity contribution in [3.63, 3.8) is 0 Å². The number of urea groups is 1. The third kappa shape index (κ3) is 5.04. The van der Waals surface area contributed by atoms with Crippen LogP contribution in [-0.2, 0) is 4.79 Å². The molecule has 0 aliphatic heterocycles. The fourth-order valence-electron chi connectivity index (χ4n) is 0.887. The molecule has 78 valence electrons. The zero-order valence-corrected chi connectivity index (χ0v) is 8.04. The van der Waals surface area contributed by atoms with Gasteiger partial charge in [0.05, 0.1) is 6.54 Å². The maximum atomic E-state index is 11.0. The van der Waals surface area contributed by atoms with Crippen molar-refractivity contribution in [1.29, 1.82) is 0 Å². The molecule has 5 heteroatoms. The largest absolute Gasteiger partial charge is 0.480 e. The molecule has 5 nitrogen and oxygen atoms in total. The van der Waals surface area contributed by atoms with E-state index in [2.05, 4.69) is 16.6 Å². The minimum Gasteiger partial charge on any atom is -0.480 e. The van der Waals surface area contributed by atoms with Crippen LogP contribution in [0.5, 0.6) is 0 Å². The zero-order valence-electron chi connectivity index (χ0n) is 8.04. The molecule has 1 unspecified atom stereocenters. The van der Waals surface area contributed by atoms with E-state index < -0.39 is 18.0 Å². The number of nitrogens with one attached hydrogen (secondary N) is 2. The molecule has 0 fully saturated rings. The topological polar surface area (TPSA) is 78.4 Å². The van der Waals surface area contributed by atoms with E-state index in [9.17, 15) is 9.59 Å². The van der Waals surface area contributed by atoms with Gasteiger partial charge in [-0.2, -0.15) is 0 Å². The van der Waals surface area contributed by atoms with Crippen molar-refractivity contribution in [1.82, 2.24) is 10.6 Å². The van der Waals surface area contributed by atoms with Gasteiger partial charge in [-0.25, -0.2) is 9.59 Å². The molecule has 0 saturated heterocycles. The minimum absolute atomic E-state index is 0.0876. The molecule has 0 aromatic heterocycles. The summed E-state index contributed by atoms with van der Waals surface area (Å²) >= 11 is 0. The smallest absolute Gasteiger partial charge is 0.326 e. The van der Waals surface area contributed by atoms with Crippen molar-refractivity contribution in [2.45, 2.75) is 25.8 Å². The van der Waals surface area contributed by atoms with Gasteiger partial charge in [0.2, 0.25) is 0 Å². The molecule has 2 amide bonds. The van der Waals surface area contributed by atoms with Crippen LogP contribution in [0.1, 0.15) is 19.8 Å². The van der Waals surface area contributed by atoms with E-state index >= 15 is 0 Å². The number of amides is 2. The van der Waals surface area contributed by atoms with Crippen molar-refractivity contribution in [3.8, 4) is 12.3 Å². The Bertz CT molecular complexity index is 245. The quantitative estimate of drug-likeness (QED) is 0.551. The molecule has 0 aromatic rings. The Balaban J connectivity index is 3.97. The first-order chi connectivity index (χ1) is 6.61. The van der Waals surface area contributed by atoms with Crippen molar-refractivity contribution in [3.05, 3.63) is 0 Å². The molecule has 1 atom stereocenters. The summed E-state index contributed by atoms with van der Waals surface area (Å²) in [4.78, 5) is 21.6. The number of hydrogen-bond donors (Lipinski definition) is 3. The van der Waals surface area contributed by atoms with Crippen LogP contribution in [0, 0.1) is 12.3 Å². The molecule has 0 bridgehead atoms. The Morgan fingerprint density at radius 2 is 2.21 bits per heavy atom. The van der Waals surface area contributed by atoms with Crippen molar-refractivity contribution in [2.24, 2.45) is 0 Å². The minimum atomic E-state index is -1.04. The van der Waals surface area contributed by atoms with Gasteiger partial charge in [-0.15, -0.1) is 6.42 Å². The molecule has 0 saturated carbocycles. The number of terminal acetylenes is 1. The number of hydrogen-bond acceptors (Lipinski definition) is 2. The highest BCUT2D eigenvalue weighted by molar-refractivity contribution is 5.82. The highest BCUT2D eigenvalue weighted by Crippen LogP contribution is 1.96. The molecule has 0 radical (unpaired) electrons. The average Bonchev–Trinajstić information content (AvgIpc) is 2.14. The first kappa shape index (κ1) is 12.3. The van der Waals surface area contributed by atoms with Crippen molar-refractivity contribution in [2.75, 3.05) is 6.54 Å². The lowest BCUT2D eigenvalue weighted by Crippen LogP contribution is -2.46. The fourth-order valence-corrected chi connectivity index (χ4v) is 0.887. The predicted molar refractivity (Wildman–Crippen MR) is 51.7 cm³/mol. The summed E-state index contributed by atoms with van der Waals surface area (Å²) in [6, 6.07) is -1.40. The van der Waals surface area contributed by atoms with Crippen LogP contribution < -0.4 is 10.6 Å². The molecular formula is C9H14N2O3. The number of aliphatic carboxylic acids is 1. The van der Waals surface area contributed by atoms with Crippen LogP contribution >= 0.6 is 0 Å². The third-order valence-corrected chi connectivity index (χ3v) is 1.53. The Hall–Kier alpha value is -1.70. The molecule has 0 rings (SSSR count). The lowest BCUT2D eigenvalue weighted by molar-refractivity contribution is -0.139. The van der Waals surface area contributed by atoms with Gasteiger partial charge in [-0.1, -0.05) is 19.3 Å². The number of rotatable bonds is 5. The second-order valence-corrected chi connectivity index (χ2v) is 2.71. The monoisotopic (exact) mass is 198 g/mol. The molecule has 0 aliphatic rings. The van der Waals surface area contributed by atoms with E-state index in [-0.39, 0.29) is 6.54 Å². The van der Waals surface area contributed by atoms with Gasteiger partial charge >= 0.3 is 12.0 Å². The van der Waals surface area contributed by atoms with Crippen LogP contribution in [0.3, 0.4) is 0 Å². The van der Waals surface area contributed by atoms with Crippen LogP contribution in [0.2, 0.25) is 0 Å². The van der Waals surface area contributed by atoms with E-state index in [1.54, 1.807) is 0 Å². The summed E-state index contributed by atoms with van der Waals surface area (Å²) in [7, 11) is 0. The molecular weight excluding hydrogens is 184 g/mol. The molecule has 0 aromatic carbocycles. The standard InChI is InChI=1S/C9H14N2O3/c1-3-5-7(8(12)13)11-9(14)10-6-4-2/h2,7H,3,5-6H2,1H3,(H,12,13)(H2,10,11,14). The normalized spacial score (nSPS) is 11.1. The van der Waals surface area contributed by atoms with Gasteiger partial charge in [0.25, 0.3) is 0 Å². The van der Waals surface area contributed by atoms with E-state index in [0.29, 0.717) is 12.8 Å². The first-order valence-electron chi connectivity index (χ1n) is 4.32. The maximum absolute atomic E-state index is 11.0. The third-order valence-electron chi connectivity index (χ3n) is 1.53. The molecule has 0 aliphatic carbocycles. The zero-order chi connectivity index (χ0) is 11.0.